The lowest BCUT2D eigenvalue weighted by molar-refractivity contribution is -0.142. The van der Waals surface area contributed by atoms with Crippen molar-refractivity contribution >= 4 is 5.97 Å². The zero-order chi connectivity index (χ0) is 13.3. The van der Waals surface area contributed by atoms with Gasteiger partial charge in [-0.1, -0.05) is 6.92 Å². The minimum atomic E-state index is -0.953. The molecular formula is C13H14F2O3. The summed E-state index contributed by atoms with van der Waals surface area (Å²) in [6.07, 6.45) is -0.0979. The van der Waals surface area contributed by atoms with Crippen molar-refractivity contribution in [2.45, 2.75) is 18.8 Å². The topological polar surface area (TPSA) is 46.5 Å². The Morgan fingerprint density at radius 1 is 1.50 bits per heavy atom. The summed E-state index contributed by atoms with van der Waals surface area (Å²) in [4.78, 5) is 10.8. The highest BCUT2D eigenvalue weighted by Gasteiger charge is 2.47. The summed E-state index contributed by atoms with van der Waals surface area (Å²) in [5.74, 6) is -2.32. The van der Waals surface area contributed by atoms with Crippen LogP contribution in [0.2, 0.25) is 0 Å². The van der Waals surface area contributed by atoms with Crippen LogP contribution in [0, 0.1) is 17.6 Å². The van der Waals surface area contributed by atoms with Gasteiger partial charge in [0.1, 0.15) is 11.6 Å². The maximum atomic E-state index is 13.8. The Morgan fingerprint density at radius 3 is 2.67 bits per heavy atom. The van der Waals surface area contributed by atoms with Crippen LogP contribution in [0.5, 0.6) is 0 Å². The van der Waals surface area contributed by atoms with Gasteiger partial charge >= 0.3 is 5.97 Å². The third-order valence-corrected chi connectivity index (χ3v) is 3.61. The van der Waals surface area contributed by atoms with Crippen molar-refractivity contribution < 1.29 is 23.4 Å². The Labute approximate surface area is 103 Å². The molecule has 0 spiro atoms. The molecule has 1 aliphatic heterocycles. The van der Waals surface area contributed by atoms with E-state index in [9.17, 15) is 13.6 Å². The first-order valence-corrected chi connectivity index (χ1v) is 5.71. The molecular weight excluding hydrogens is 242 g/mol. The van der Waals surface area contributed by atoms with Gasteiger partial charge in [-0.25, -0.2) is 8.78 Å². The minimum absolute atomic E-state index is 0.0979. The van der Waals surface area contributed by atoms with Crippen LogP contribution in [0.15, 0.2) is 18.2 Å². The monoisotopic (exact) mass is 256 g/mol. The molecule has 18 heavy (non-hydrogen) atoms. The summed E-state index contributed by atoms with van der Waals surface area (Å²) < 4.78 is 32.2. The molecule has 1 N–H and O–H groups in total. The molecule has 1 aromatic carbocycles. The third-order valence-electron chi connectivity index (χ3n) is 3.61. The Morgan fingerprint density at radius 2 is 2.17 bits per heavy atom. The second-order valence-electron chi connectivity index (χ2n) is 4.77. The number of rotatable bonds is 4. The van der Waals surface area contributed by atoms with E-state index in [1.807, 2.05) is 0 Å². The van der Waals surface area contributed by atoms with E-state index < -0.39 is 23.0 Å². The summed E-state index contributed by atoms with van der Waals surface area (Å²) in [5, 5.41) is 8.83. The lowest BCUT2D eigenvalue weighted by atomic mass is 9.68. The van der Waals surface area contributed by atoms with Crippen molar-refractivity contribution in [3.63, 3.8) is 0 Å². The molecule has 1 aliphatic rings. The van der Waals surface area contributed by atoms with E-state index in [1.54, 1.807) is 6.92 Å². The molecule has 1 fully saturated rings. The van der Waals surface area contributed by atoms with E-state index in [0.29, 0.717) is 0 Å². The quantitative estimate of drug-likeness (QED) is 0.899. The molecule has 0 amide bonds. The number of carboxylic acids is 1. The van der Waals surface area contributed by atoms with Crippen molar-refractivity contribution in [3.05, 3.63) is 35.4 Å². The number of halogens is 2. The standard InChI is InChI=1S/C13H14F2O3/c1-8(4-12(16)17)13(6-18-7-13)10-5-9(14)2-3-11(10)15/h2-3,5,8H,4,6-7H2,1H3,(H,16,17). The lowest BCUT2D eigenvalue weighted by Gasteiger charge is -2.46. The first-order valence-electron chi connectivity index (χ1n) is 5.71. The van der Waals surface area contributed by atoms with Gasteiger partial charge in [-0.3, -0.25) is 4.79 Å². The molecule has 0 radical (unpaired) electrons. The van der Waals surface area contributed by atoms with Crippen LogP contribution >= 0.6 is 0 Å². The summed E-state index contributed by atoms with van der Waals surface area (Å²) in [7, 11) is 0. The molecule has 1 unspecified atom stereocenters. The van der Waals surface area contributed by atoms with Crippen molar-refractivity contribution in [1.29, 1.82) is 0 Å². The van der Waals surface area contributed by atoms with E-state index in [4.69, 9.17) is 9.84 Å². The fraction of sp³-hybridized carbons (Fsp3) is 0.462. The van der Waals surface area contributed by atoms with Crippen molar-refractivity contribution in [2.24, 2.45) is 5.92 Å². The van der Waals surface area contributed by atoms with Gasteiger partial charge in [-0.05, 0) is 24.1 Å². The zero-order valence-corrected chi connectivity index (χ0v) is 9.95. The highest BCUT2D eigenvalue weighted by Crippen LogP contribution is 2.42. The molecule has 3 nitrogen and oxygen atoms in total. The number of ether oxygens (including phenoxy) is 1. The van der Waals surface area contributed by atoms with Crippen molar-refractivity contribution in [3.8, 4) is 0 Å². The van der Waals surface area contributed by atoms with E-state index in [1.165, 1.54) is 0 Å². The molecule has 0 saturated carbocycles. The number of carbonyl (C=O) groups is 1. The summed E-state index contributed by atoms with van der Waals surface area (Å²) in [6.45, 7) is 2.17. The first kappa shape index (κ1) is 13.0. The second-order valence-corrected chi connectivity index (χ2v) is 4.77. The lowest BCUT2D eigenvalue weighted by Crippen LogP contribution is -2.52. The maximum Gasteiger partial charge on any atom is 0.303 e. The SMILES string of the molecule is CC(CC(=O)O)C1(c2cc(F)ccc2F)COC1. The van der Waals surface area contributed by atoms with Crippen LogP contribution in [-0.2, 0) is 14.9 Å². The molecule has 5 heteroatoms. The van der Waals surface area contributed by atoms with Gasteiger partial charge < -0.3 is 9.84 Å². The average molecular weight is 256 g/mol. The molecule has 1 atom stereocenters. The summed E-state index contributed by atoms with van der Waals surface area (Å²) in [5.41, 5.74) is -0.521. The Hall–Kier alpha value is -1.49. The predicted molar refractivity (Wildman–Crippen MR) is 60.3 cm³/mol. The van der Waals surface area contributed by atoms with E-state index in [2.05, 4.69) is 0 Å². The highest BCUT2D eigenvalue weighted by molar-refractivity contribution is 5.67. The van der Waals surface area contributed by atoms with Crippen LogP contribution in [0.25, 0.3) is 0 Å². The summed E-state index contributed by atoms with van der Waals surface area (Å²) >= 11 is 0. The van der Waals surface area contributed by atoms with Crippen LogP contribution in [-0.4, -0.2) is 24.3 Å². The minimum Gasteiger partial charge on any atom is -0.481 e. The number of aliphatic carboxylic acids is 1. The van der Waals surface area contributed by atoms with Gasteiger partial charge in [-0.2, -0.15) is 0 Å². The molecule has 1 heterocycles. The molecule has 0 bridgehead atoms. The molecule has 1 saturated heterocycles. The smallest absolute Gasteiger partial charge is 0.303 e. The summed E-state index contributed by atoms with van der Waals surface area (Å²) in [6, 6.07) is 3.25. The largest absolute Gasteiger partial charge is 0.481 e. The fourth-order valence-corrected chi connectivity index (χ4v) is 2.36. The first-order chi connectivity index (χ1) is 8.45. The predicted octanol–water partition coefficient (Wildman–Crippen LogP) is 2.34. The zero-order valence-electron chi connectivity index (χ0n) is 9.95. The van der Waals surface area contributed by atoms with Gasteiger partial charge in [0, 0.05) is 17.4 Å². The molecule has 98 valence electrons. The van der Waals surface area contributed by atoms with Gasteiger partial charge in [0.05, 0.1) is 13.2 Å². The molecule has 0 aromatic heterocycles. The van der Waals surface area contributed by atoms with Crippen LogP contribution in [0.3, 0.4) is 0 Å². The van der Waals surface area contributed by atoms with Crippen LogP contribution in [0.1, 0.15) is 18.9 Å². The fourth-order valence-electron chi connectivity index (χ4n) is 2.36. The molecule has 0 aliphatic carbocycles. The van der Waals surface area contributed by atoms with Crippen molar-refractivity contribution in [1.82, 2.24) is 0 Å². The van der Waals surface area contributed by atoms with Crippen molar-refractivity contribution in [2.75, 3.05) is 13.2 Å². The van der Waals surface area contributed by atoms with E-state index in [-0.39, 0.29) is 31.1 Å². The Balaban J connectivity index is 2.37. The van der Waals surface area contributed by atoms with Crippen LogP contribution < -0.4 is 0 Å². The molecule has 1 aromatic rings. The number of carboxylic acid groups (broad SMARTS) is 1. The molecule has 2 rings (SSSR count). The normalized spacial score (nSPS) is 19.1. The third kappa shape index (κ3) is 2.10. The van der Waals surface area contributed by atoms with Gasteiger partial charge in [0.2, 0.25) is 0 Å². The maximum absolute atomic E-state index is 13.8. The van der Waals surface area contributed by atoms with E-state index >= 15 is 0 Å². The number of hydrogen-bond donors (Lipinski definition) is 1. The average Bonchev–Trinajstić information content (AvgIpc) is 2.20. The Kier molecular flexibility index (Phi) is 3.34. The Bertz CT molecular complexity index is 469. The van der Waals surface area contributed by atoms with Gasteiger partial charge in [-0.15, -0.1) is 0 Å². The highest BCUT2D eigenvalue weighted by atomic mass is 19.1. The number of benzene rings is 1. The van der Waals surface area contributed by atoms with Gasteiger partial charge in [0.15, 0.2) is 0 Å². The van der Waals surface area contributed by atoms with Crippen LogP contribution in [0.4, 0.5) is 8.78 Å². The van der Waals surface area contributed by atoms with E-state index in [0.717, 1.165) is 18.2 Å². The second kappa shape index (κ2) is 4.65. The van der Waals surface area contributed by atoms with Gasteiger partial charge in [0.25, 0.3) is 0 Å². The number of hydrogen-bond acceptors (Lipinski definition) is 2.